The van der Waals surface area contributed by atoms with Crippen LogP contribution in [0.5, 0.6) is 0 Å². The Morgan fingerprint density at radius 3 is 2.50 bits per heavy atom. The highest BCUT2D eigenvalue weighted by Gasteiger charge is 2.26. The molecule has 0 spiro atoms. The van der Waals surface area contributed by atoms with Crippen molar-refractivity contribution in [1.29, 1.82) is 0 Å². The molecule has 1 heterocycles. The summed E-state index contributed by atoms with van der Waals surface area (Å²) >= 11 is 1.47. The molecule has 0 aromatic carbocycles. The summed E-state index contributed by atoms with van der Waals surface area (Å²) in [6.07, 6.45) is 5.98. The third-order valence-electron chi connectivity index (χ3n) is 4.23. The fourth-order valence-corrected chi connectivity index (χ4v) is 3.69. The van der Waals surface area contributed by atoms with Gasteiger partial charge in [-0.1, -0.05) is 26.2 Å². The van der Waals surface area contributed by atoms with Crippen molar-refractivity contribution >= 4 is 28.3 Å². The van der Waals surface area contributed by atoms with Crippen LogP contribution in [0.25, 0.3) is 0 Å². The van der Waals surface area contributed by atoms with Gasteiger partial charge in [-0.2, -0.15) is 0 Å². The Bertz CT molecular complexity index is 516. The summed E-state index contributed by atoms with van der Waals surface area (Å²) in [5.74, 6) is -0.0883. The number of anilines is 1. The van der Waals surface area contributed by atoms with Gasteiger partial charge < -0.3 is 10.2 Å². The summed E-state index contributed by atoms with van der Waals surface area (Å²) in [7, 11) is 0. The molecular formula is C16H25N3O2S. The van der Waals surface area contributed by atoms with Crippen LogP contribution in [0.2, 0.25) is 0 Å². The van der Waals surface area contributed by atoms with Crippen LogP contribution in [0.1, 0.15) is 56.0 Å². The predicted molar refractivity (Wildman–Crippen MR) is 89.1 cm³/mol. The van der Waals surface area contributed by atoms with Crippen molar-refractivity contribution in [2.45, 2.75) is 65.3 Å². The molecule has 0 bridgehead atoms. The maximum Gasteiger partial charge on any atom is 0.245 e. The van der Waals surface area contributed by atoms with Crippen molar-refractivity contribution in [3.8, 4) is 0 Å². The highest BCUT2D eigenvalue weighted by atomic mass is 32.1. The molecule has 6 heteroatoms. The Balaban J connectivity index is 1.99. The van der Waals surface area contributed by atoms with Crippen molar-refractivity contribution in [1.82, 2.24) is 9.88 Å². The Kier molecular flexibility index (Phi) is 5.94. The lowest BCUT2D eigenvalue weighted by Crippen LogP contribution is -2.45. The molecule has 0 radical (unpaired) electrons. The fraction of sp³-hybridized carbons (Fsp3) is 0.688. The van der Waals surface area contributed by atoms with E-state index in [1.807, 2.05) is 20.8 Å². The monoisotopic (exact) mass is 323 g/mol. The summed E-state index contributed by atoms with van der Waals surface area (Å²) in [6, 6.07) is 0.215. The van der Waals surface area contributed by atoms with Crippen LogP contribution in [-0.2, 0) is 9.59 Å². The third-order valence-corrected chi connectivity index (χ3v) is 5.22. The number of hydrogen-bond donors (Lipinski definition) is 1. The lowest BCUT2D eigenvalue weighted by molar-refractivity contribution is -0.137. The number of rotatable bonds is 5. The van der Waals surface area contributed by atoms with Crippen LogP contribution in [0.3, 0.4) is 0 Å². The zero-order valence-corrected chi connectivity index (χ0v) is 14.5. The highest BCUT2D eigenvalue weighted by molar-refractivity contribution is 7.15. The molecule has 0 unspecified atom stereocenters. The van der Waals surface area contributed by atoms with Crippen molar-refractivity contribution in [3.63, 3.8) is 0 Å². The smallest absolute Gasteiger partial charge is 0.245 e. The van der Waals surface area contributed by atoms with Gasteiger partial charge in [-0.25, -0.2) is 4.98 Å². The van der Waals surface area contributed by atoms with E-state index in [0.717, 1.165) is 36.3 Å². The first-order valence-electron chi connectivity index (χ1n) is 8.04. The molecule has 0 aliphatic heterocycles. The van der Waals surface area contributed by atoms with Crippen molar-refractivity contribution in [3.05, 3.63) is 10.6 Å². The largest absolute Gasteiger partial charge is 0.330 e. The van der Waals surface area contributed by atoms with Crippen LogP contribution >= 0.6 is 11.3 Å². The number of carbonyl (C=O) groups is 2. The molecule has 1 fully saturated rings. The molecular weight excluding hydrogens is 298 g/mol. The number of aryl methyl sites for hydroxylation is 2. The SMILES string of the molecule is CCC(=O)N(CC(=O)Nc1nc(C)c(C)s1)C1CCCCC1. The van der Waals surface area contributed by atoms with Gasteiger partial charge in [0.05, 0.1) is 5.69 Å². The summed E-state index contributed by atoms with van der Waals surface area (Å²) in [5, 5.41) is 3.44. The Morgan fingerprint density at radius 2 is 1.95 bits per heavy atom. The van der Waals surface area contributed by atoms with Gasteiger partial charge in [-0.05, 0) is 26.7 Å². The second kappa shape index (κ2) is 7.72. The summed E-state index contributed by atoms with van der Waals surface area (Å²) in [6.45, 7) is 5.90. The predicted octanol–water partition coefficient (Wildman–Crippen LogP) is 3.27. The maximum atomic E-state index is 12.3. The number of nitrogens with one attached hydrogen (secondary N) is 1. The molecule has 2 amide bonds. The van der Waals surface area contributed by atoms with Crippen LogP contribution in [0.15, 0.2) is 0 Å². The van der Waals surface area contributed by atoms with Crippen molar-refractivity contribution < 1.29 is 9.59 Å². The van der Waals surface area contributed by atoms with E-state index in [1.165, 1.54) is 17.8 Å². The minimum absolute atomic E-state index is 0.0635. The third kappa shape index (κ3) is 4.29. The highest BCUT2D eigenvalue weighted by Crippen LogP contribution is 2.24. The standard InChI is InChI=1S/C16H25N3O2S/c1-4-15(21)19(13-8-6-5-7-9-13)10-14(20)18-16-17-11(2)12(3)22-16/h13H,4-10H2,1-3H3,(H,17,18,20). The van der Waals surface area contributed by atoms with Gasteiger partial charge in [0.2, 0.25) is 11.8 Å². The van der Waals surface area contributed by atoms with Gasteiger partial charge in [0.25, 0.3) is 0 Å². The molecule has 1 saturated carbocycles. The number of hydrogen-bond acceptors (Lipinski definition) is 4. The maximum absolute atomic E-state index is 12.3. The molecule has 0 atom stereocenters. The summed E-state index contributed by atoms with van der Waals surface area (Å²) < 4.78 is 0. The van der Waals surface area contributed by atoms with E-state index >= 15 is 0 Å². The van der Waals surface area contributed by atoms with E-state index in [4.69, 9.17) is 0 Å². The minimum Gasteiger partial charge on any atom is -0.330 e. The quantitative estimate of drug-likeness (QED) is 0.904. The number of aromatic nitrogens is 1. The first kappa shape index (κ1) is 16.9. The first-order valence-corrected chi connectivity index (χ1v) is 8.86. The summed E-state index contributed by atoms with van der Waals surface area (Å²) in [5.41, 5.74) is 0.939. The molecule has 0 saturated heterocycles. The Labute approximate surface area is 136 Å². The van der Waals surface area contributed by atoms with E-state index in [0.29, 0.717) is 11.6 Å². The van der Waals surface area contributed by atoms with Crippen LogP contribution in [0.4, 0.5) is 5.13 Å². The molecule has 1 aliphatic rings. The lowest BCUT2D eigenvalue weighted by Gasteiger charge is -2.33. The van der Waals surface area contributed by atoms with E-state index in [-0.39, 0.29) is 24.4 Å². The van der Waals surface area contributed by atoms with E-state index in [2.05, 4.69) is 10.3 Å². The normalized spacial score (nSPS) is 15.6. The van der Waals surface area contributed by atoms with Gasteiger partial charge in [0.1, 0.15) is 6.54 Å². The molecule has 2 rings (SSSR count). The van der Waals surface area contributed by atoms with Crippen molar-refractivity contribution in [2.24, 2.45) is 0 Å². The molecule has 122 valence electrons. The lowest BCUT2D eigenvalue weighted by atomic mass is 9.94. The van der Waals surface area contributed by atoms with E-state index in [1.54, 1.807) is 4.90 Å². The molecule has 1 aromatic heterocycles. The first-order chi connectivity index (χ1) is 10.5. The van der Waals surface area contributed by atoms with Crippen LogP contribution in [0, 0.1) is 13.8 Å². The number of thiazole rings is 1. The van der Waals surface area contributed by atoms with Crippen LogP contribution < -0.4 is 5.32 Å². The Hall–Kier alpha value is -1.43. The number of carbonyl (C=O) groups excluding carboxylic acids is 2. The number of amides is 2. The molecule has 1 aliphatic carbocycles. The van der Waals surface area contributed by atoms with E-state index in [9.17, 15) is 9.59 Å². The second-order valence-corrected chi connectivity index (χ2v) is 7.08. The molecule has 5 nitrogen and oxygen atoms in total. The zero-order valence-electron chi connectivity index (χ0n) is 13.6. The Morgan fingerprint density at radius 1 is 1.27 bits per heavy atom. The second-order valence-electron chi connectivity index (χ2n) is 5.88. The average Bonchev–Trinajstić information content (AvgIpc) is 2.82. The van der Waals surface area contributed by atoms with Gasteiger partial charge >= 0.3 is 0 Å². The van der Waals surface area contributed by atoms with Crippen LogP contribution in [-0.4, -0.2) is 34.3 Å². The van der Waals surface area contributed by atoms with E-state index < -0.39 is 0 Å². The minimum atomic E-state index is -0.152. The molecule has 1 aromatic rings. The molecule has 1 N–H and O–H groups in total. The van der Waals surface area contributed by atoms with Gasteiger partial charge in [-0.15, -0.1) is 11.3 Å². The zero-order chi connectivity index (χ0) is 16.1. The average molecular weight is 323 g/mol. The van der Waals surface area contributed by atoms with Gasteiger partial charge in [0.15, 0.2) is 5.13 Å². The van der Waals surface area contributed by atoms with Gasteiger partial charge in [0, 0.05) is 17.3 Å². The van der Waals surface area contributed by atoms with Gasteiger partial charge in [-0.3, -0.25) is 9.59 Å². The molecule has 22 heavy (non-hydrogen) atoms. The topological polar surface area (TPSA) is 62.3 Å². The number of nitrogens with zero attached hydrogens (tertiary/aromatic N) is 2. The fourth-order valence-electron chi connectivity index (χ4n) is 2.86. The summed E-state index contributed by atoms with van der Waals surface area (Å²) in [4.78, 5) is 31.6. The van der Waals surface area contributed by atoms with Crippen molar-refractivity contribution in [2.75, 3.05) is 11.9 Å².